The van der Waals surface area contributed by atoms with Crippen LogP contribution in [0.2, 0.25) is 0 Å². The third-order valence-electron chi connectivity index (χ3n) is 3.68. The molecule has 5 nitrogen and oxygen atoms in total. The molecule has 2 N–H and O–H groups in total. The summed E-state index contributed by atoms with van der Waals surface area (Å²) >= 11 is 2.04. The normalized spacial score (nSPS) is 17.3. The van der Waals surface area contributed by atoms with Gasteiger partial charge in [-0.15, -0.1) is 24.0 Å². The quantitative estimate of drug-likeness (QED) is 0.396. The Bertz CT molecular complexity index is 508. The van der Waals surface area contributed by atoms with Gasteiger partial charge in [-0.1, -0.05) is 12.1 Å². The molecule has 0 spiro atoms. The summed E-state index contributed by atoms with van der Waals surface area (Å²) in [5.74, 6) is 3.60. The highest BCUT2D eigenvalue weighted by atomic mass is 127. The number of guanidine groups is 1. The molecule has 1 aromatic carbocycles. The van der Waals surface area contributed by atoms with E-state index in [0.717, 1.165) is 29.6 Å². The van der Waals surface area contributed by atoms with Crippen molar-refractivity contribution in [2.75, 3.05) is 33.6 Å². The highest BCUT2D eigenvalue weighted by molar-refractivity contribution is 14.0. The predicted molar refractivity (Wildman–Crippen MR) is 109 cm³/mol. The summed E-state index contributed by atoms with van der Waals surface area (Å²) in [6, 6.07) is 5.88. The molecule has 1 aliphatic heterocycles. The van der Waals surface area contributed by atoms with Crippen LogP contribution in [0.25, 0.3) is 0 Å². The average molecular weight is 451 g/mol. The zero-order valence-corrected chi connectivity index (χ0v) is 17.1. The number of nitrogens with zero attached hydrogens (tertiary/aromatic N) is 1. The fourth-order valence-electron chi connectivity index (χ4n) is 2.51. The van der Waals surface area contributed by atoms with Crippen LogP contribution in [0.1, 0.15) is 18.4 Å². The molecule has 1 aliphatic rings. The van der Waals surface area contributed by atoms with Gasteiger partial charge in [-0.05, 0) is 24.7 Å². The molecule has 0 bridgehead atoms. The standard InChI is InChI=1S/C16H25N3O2S.HI/c1-17-16(19-11-13-7-5-9-22-13)18-10-12-6-4-8-14(20-2)15(12)21-3;/h4,6,8,13H,5,7,9-11H2,1-3H3,(H2,17,18,19);1H. The molecule has 1 fully saturated rings. The number of hydrogen-bond donors (Lipinski definition) is 2. The molecule has 7 heteroatoms. The van der Waals surface area contributed by atoms with Crippen molar-refractivity contribution in [2.45, 2.75) is 24.6 Å². The van der Waals surface area contributed by atoms with Crippen LogP contribution in [-0.2, 0) is 6.54 Å². The van der Waals surface area contributed by atoms with Crippen molar-refractivity contribution >= 4 is 41.7 Å². The highest BCUT2D eigenvalue weighted by Crippen LogP contribution is 2.30. The molecule has 2 rings (SSSR count). The number of para-hydroxylation sites is 1. The molecule has 0 amide bonds. The molecule has 0 aromatic heterocycles. The van der Waals surface area contributed by atoms with Crippen LogP contribution in [0, 0.1) is 0 Å². The second kappa shape index (κ2) is 10.9. The van der Waals surface area contributed by atoms with Gasteiger partial charge in [0, 0.05) is 31.0 Å². The molecule has 0 saturated carbocycles. The fourth-order valence-corrected chi connectivity index (χ4v) is 3.71. The number of nitrogens with one attached hydrogen (secondary N) is 2. The van der Waals surface area contributed by atoms with E-state index in [4.69, 9.17) is 9.47 Å². The number of aliphatic imine (C=N–C) groups is 1. The zero-order valence-electron chi connectivity index (χ0n) is 13.9. The molecule has 1 aromatic rings. The van der Waals surface area contributed by atoms with Crippen LogP contribution in [0.5, 0.6) is 11.5 Å². The van der Waals surface area contributed by atoms with Gasteiger partial charge in [0.1, 0.15) is 0 Å². The van der Waals surface area contributed by atoms with E-state index >= 15 is 0 Å². The molecule has 1 heterocycles. The van der Waals surface area contributed by atoms with Crippen molar-refractivity contribution in [1.29, 1.82) is 0 Å². The van der Waals surface area contributed by atoms with Crippen molar-refractivity contribution in [1.82, 2.24) is 10.6 Å². The monoisotopic (exact) mass is 451 g/mol. The summed E-state index contributed by atoms with van der Waals surface area (Å²) in [6.07, 6.45) is 2.61. The van der Waals surface area contributed by atoms with E-state index in [1.807, 2.05) is 30.0 Å². The van der Waals surface area contributed by atoms with Gasteiger partial charge in [0.15, 0.2) is 17.5 Å². The topological polar surface area (TPSA) is 54.9 Å². The first-order chi connectivity index (χ1) is 10.8. The summed E-state index contributed by atoms with van der Waals surface area (Å²) in [6.45, 7) is 1.59. The van der Waals surface area contributed by atoms with Crippen LogP contribution < -0.4 is 20.1 Å². The maximum atomic E-state index is 5.45. The number of hydrogen-bond acceptors (Lipinski definition) is 4. The Morgan fingerprint density at radius 2 is 2.13 bits per heavy atom. The van der Waals surface area contributed by atoms with E-state index in [9.17, 15) is 0 Å². The summed E-state index contributed by atoms with van der Waals surface area (Å²) in [4.78, 5) is 4.28. The second-order valence-electron chi connectivity index (χ2n) is 5.09. The van der Waals surface area contributed by atoms with Gasteiger partial charge >= 0.3 is 0 Å². The maximum absolute atomic E-state index is 5.45. The third-order valence-corrected chi connectivity index (χ3v) is 5.07. The summed E-state index contributed by atoms with van der Waals surface area (Å²) < 4.78 is 10.8. The first-order valence-corrected chi connectivity index (χ1v) is 8.59. The van der Waals surface area contributed by atoms with Gasteiger partial charge in [-0.2, -0.15) is 11.8 Å². The lowest BCUT2D eigenvalue weighted by Gasteiger charge is -2.16. The lowest BCUT2D eigenvalue weighted by Crippen LogP contribution is -2.39. The fraction of sp³-hybridized carbons (Fsp3) is 0.562. The lowest BCUT2D eigenvalue weighted by molar-refractivity contribution is 0.351. The Kier molecular flexibility index (Phi) is 9.54. The summed E-state index contributed by atoms with van der Waals surface area (Å²) in [7, 11) is 5.10. The largest absolute Gasteiger partial charge is 0.493 e. The van der Waals surface area contributed by atoms with Crippen molar-refractivity contribution in [2.24, 2.45) is 4.99 Å². The van der Waals surface area contributed by atoms with E-state index in [1.165, 1.54) is 18.6 Å². The average Bonchev–Trinajstić information content (AvgIpc) is 3.08. The van der Waals surface area contributed by atoms with E-state index in [2.05, 4.69) is 15.6 Å². The third kappa shape index (κ3) is 5.95. The maximum Gasteiger partial charge on any atom is 0.191 e. The smallest absolute Gasteiger partial charge is 0.191 e. The highest BCUT2D eigenvalue weighted by Gasteiger charge is 2.16. The Labute approximate surface area is 160 Å². The molecular weight excluding hydrogens is 425 g/mol. The first kappa shape index (κ1) is 20.2. The van der Waals surface area contributed by atoms with Crippen molar-refractivity contribution in [3.63, 3.8) is 0 Å². The Balaban J connectivity index is 0.00000264. The van der Waals surface area contributed by atoms with Gasteiger partial charge in [0.2, 0.25) is 0 Å². The van der Waals surface area contributed by atoms with E-state index in [1.54, 1.807) is 21.3 Å². The Hall–Kier alpha value is -0.830. The summed E-state index contributed by atoms with van der Waals surface area (Å²) in [5, 5.41) is 7.42. The van der Waals surface area contributed by atoms with Gasteiger partial charge in [-0.3, -0.25) is 4.99 Å². The first-order valence-electron chi connectivity index (χ1n) is 7.54. The molecule has 130 valence electrons. The number of rotatable bonds is 6. The minimum absolute atomic E-state index is 0. The van der Waals surface area contributed by atoms with Crippen LogP contribution >= 0.6 is 35.7 Å². The molecule has 23 heavy (non-hydrogen) atoms. The van der Waals surface area contributed by atoms with E-state index in [0.29, 0.717) is 11.8 Å². The van der Waals surface area contributed by atoms with Crippen LogP contribution in [0.15, 0.2) is 23.2 Å². The molecular formula is C16H26IN3O2S. The molecule has 1 atom stereocenters. The summed E-state index contributed by atoms with van der Waals surface area (Å²) in [5.41, 5.74) is 1.04. The minimum atomic E-state index is 0. The Morgan fingerprint density at radius 1 is 1.30 bits per heavy atom. The van der Waals surface area contributed by atoms with E-state index in [-0.39, 0.29) is 24.0 Å². The SMILES string of the molecule is CN=C(NCc1cccc(OC)c1OC)NCC1CCCS1.I. The number of halogens is 1. The second-order valence-corrected chi connectivity index (χ2v) is 6.50. The van der Waals surface area contributed by atoms with Crippen molar-refractivity contribution < 1.29 is 9.47 Å². The number of ether oxygens (including phenoxy) is 2. The van der Waals surface area contributed by atoms with Gasteiger partial charge in [0.25, 0.3) is 0 Å². The Morgan fingerprint density at radius 3 is 2.74 bits per heavy atom. The van der Waals surface area contributed by atoms with E-state index < -0.39 is 0 Å². The molecule has 0 radical (unpaired) electrons. The number of thioether (sulfide) groups is 1. The lowest BCUT2D eigenvalue weighted by atomic mass is 10.2. The number of methoxy groups -OCH3 is 2. The van der Waals surface area contributed by atoms with Gasteiger partial charge < -0.3 is 20.1 Å². The van der Waals surface area contributed by atoms with Crippen molar-refractivity contribution in [3.8, 4) is 11.5 Å². The number of benzene rings is 1. The molecule has 1 unspecified atom stereocenters. The molecule has 0 aliphatic carbocycles. The van der Waals surface area contributed by atoms with Gasteiger partial charge in [-0.25, -0.2) is 0 Å². The predicted octanol–water partition coefficient (Wildman–Crippen LogP) is 2.88. The van der Waals surface area contributed by atoms with Crippen LogP contribution in [0.4, 0.5) is 0 Å². The van der Waals surface area contributed by atoms with Crippen LogP contribution in [-0.4, -0.2) is 44.8 Å². The van der Waals surface area contributed by atoms with Crippen molar-refractivity contribution in [3.05, 3.63) is 23.8 Å². The van der Waals surface area contributed by atoms with Gasteiger partial charge in [0.05, 0.1) is 14.2 Å². The molecule has 1 saturated heterocycles. The van der Waals surface area contributed by atoms with Crippen LogP contribution in [0.3, 0.4) is 0 Å². The zero-order chi connectivity index (χ0) is 15.8. The minimum Gasteiger partial charge on any atom is -0.493 e.